The Kier molecular flexibility index (Phi) is 4.67. The summed E-state index contributed by atoms with van der Waals surface area (Å²) in [6, 6.07) is 10.8. The van der Waals surface area contributed by atoms with Crippen LogP contribution in [0.25, 0.3) is 28.0 Å². The highest BCUT2D eigenvalue weighted by Crippen LogP contribution is 2.35. The number of aryl methyl sites for hydroxylation is 1. The number of rotatable bonds is 2. The van der Waals surface area contributed by atoms with Crippen LogP contribution in [0.2, 0.25) is 10.0 Å². The first kappa shape index (κ1) is 19.5. The van der Waals surface area contributed by atoms with Gasteiger partial charge in [0.2, 0.25) is 0 Å². The van der Waals surface area contributed by atoms with E-state index < -0.39 is 17.3 Å². The lowest BCUT2D eigenvalue weighted by molar-refractivity contribution is -0.137. The van der Waals surface area contributed by atoms with E-state index in [9.17, 15) is 18.0 Å². The molecule has 0 aliphatic heterocycles. The minimum Gasteiger partial charge on any atom is -0.339 e. The number of halogens is 5. The van der Waals surface area contributed by atoms with Crippen molar-refractivity contribution in [3.63, 3.8) is 0 Å². The average Bonchev–Trinajstić information content (AvgIpc) is 2.98. The molecule has 0 saturated heterocycles. The molecule has 0 saturated carbocycles. The minimum atomic E-state index is -4.43. The van der Waals surface area contributed by atoms with Crippen LogP contribution in [0, 0.1) is 6.92 Å². The molecule has 4 rings (SSSR count). The maximum atomic E-state index is 12.8. The second-order valence-electron chi connectivity index (χ2n) is 6.44. The van der Waals surface area contributed by atoms with E-state index in [1.54, 1.807) is 25.1 Å². The van der Waals surface area contributed by atoms with Gasteiger partial charge in [-0.2, -0.15) is 22.8 Å². The van der Waals surface area contributed by atoms with Gasteiger partial charge in [-0.1, -0.05) is 41.4 Å². The molecule has 2 aromatic heterocycles. The zero-order chi connectivity index (χ0) is 20.9. The molecule has 0 unspecified atom stereocenters. The molecule has 0 radical (unpaired) electrons. The predicted octanol–water partition coefficient (Wildman–Crippen LogP) is 5.99. The first-order valence-corrected chi connectivity index (χ1v) is 9.16. The topological polar surface area (TPSA) is 50.2 Å². The molecule has 148 valence electrons. The molecule has 0 atom stereocenters. The Morgan fingerprint density at radius 3 is 2.34 bits per heavy atom. The van der Waals surface area contributed by atoms with E-state index in [2.05, 4.69) is 10.1 Å². The number of benzene rings is 2. The summed E-state index contributed by atoms with van der Waals surface area (Å²) in [7, 11) is 0. The van der Waals surface area contributed by atoms with Crippen molar-refractivity contribution < 1.29 is 13.2 Å². The summed E-state index contributed by atoms with van der Waals surface area (Å²) in [6.07, 6.45) is -4.43. The molecule has 0 aliphatic carbocycles. The SMILES string of the molecule is Cc1nn2c(=O)cc(-c3ccc(C(F)(F)F)cc3)[nH]c2c1-c1ccc(Cl)cc1Cl. The van der Waals surface area contributed by atoms with Crippen LogP contribution in [0.15, 0.2) is 53.3 Å². The van der Waals surface area contributed by atoms with Crippen LogP contribution in [0.1, 0.15) is 11.3 Å². The highest BCUT2D eigenvalue weighted by atomic mass is 35.5. The molecule has 4 aromatic rings. The highest BCUT2D eigenvalue weighted by Gasteiger charge is 2.30. The Labute approximate surface area is 172 Å². The number of fused-ring (bicyclic) bond motifs is 1. The van der Waals surface area contributed by atoms with Crippen molar-refractivity contribution in [1.82, 2.24) is 14.6 Å². The van der Waals surface area contributed by atoms with Crippen molar-refractivity contribution in [2.24, 2.45) is 0 Å². The van der Waals surface area contributed by atoms with Gasteiger partial charge in [0, 0.05) is 22.2 Å². The van der Waals surface area contributed by atoms with Gasteiger partial charge in [-0.05, 0) is 36.8 Å². The molecular formula is C20H12Cl2F3N3O. The number of nitrogens with one attached hydrogen (secondary N) is 1. The lowest BCUT2D eigenvalue weighted by atomic mass is 10.1. The van der Waals surface area contributed by atoms with Gasteiger partial charge in [-0.3, -0.25) is 4.79 Å². The van der Waals surface area contributed by atoms with E-state index in [0.717, 1.165) is 12.1 Å². The van der Waals surface area contributed by atoms with Gasteiger partial charge in [0.1, 0.15) is 5.65 Å². The van der Waals surface area contributed by atoms with E-state index >= 15 is 0 Å². The van der Waals surface area contributed by atoms with Crippen molar-refractivity contribution in [2.75, 3.05) is 0 Å². The molecule has 0 bridgehead atoms. The summed E-state index contributed by atoms with van der Waals surface area (Å²) in [5.41, 5.74) is 1.79. The van der Waals surface area contributed by atoms with Crippen LogP contribution >= 0.6 is 23.2 Å². The van der Waals surface area contributed by atoms with Crippen LogP contribution in [0.4, 0.5) is 13.2 Å². The van der Waals surface area contributed by atoms with Crippen LogP contribution < -0.4 is 5.56 Å². The smallest absolute Gasteiger partial charge is 0.339 e. The summed E-state index contributed by atoms with van der Waals surface area (Å²) >= 11 is 12.3. The maximum absolute atomic E-state index is 12.8. The van der Waals surface area contributed by atoms with E-state index in [-0.39, 0.29) is 0 Å². The quantitative estimate of drug-likeness (QED) is 0.418. The number of alkyl halides is 3. The van der Waals surface area contributed by atoms with Crippen molar-refractivity contribution in [3.8, 4) is 22.4 Å². The van der Waals surface area contributed by atoms with Crippen LogP contribution in [0.3, 0.4) is 0 Å². The fraction of sp³-hybridized carbons (Fsp3) is 0.100. The van der Waals surface area contributed by atoms with E-state index in [4.69, 9.17) is 23.2 Å². The molecule has 29 heavy (non-hydrogen) atoms. The summed E-state index contributed by atoms with van der Waals surface area (Å²) < 4.78 is 39.6. The molecule has 0 amide bonds. The standard InChI is InChI=1S/C20H12Cl2F3N3O/c1-10-18(14-7-6-13(21)8-15(14)22)19-26-16(9-17(29)28(19)27-10)11-2-4-12(5-3-11)20(23,24)25/h2-9,26H,1H3. The summed E-state index contributed by atoms with van der Waals surface area (Å²) in [5.74, 6) is 0. The molecule has 2 aromatic carbocycles. The van der Waals surface area contributed by atoms with Crippen LogP contribution in [-0.4, -0.2) is 14.6 Å². The Morgan fingerprint density at radius 2 is 1.72 bits per heavy atom. The number of nitrogens with zero attached hydrogens (tertiary/aromatic N) is 2. The summed E-state index contributed by atoms with van der Waals surface area (Å²) in [4.78, 5) is 15.7. The monoisotopic (exact) mass is 437 g/mol. The molecule has 0 spiro atoms. The molecule has 0 fully saturated rings. The van der Waals surface area contributed by atoms with Gasteiger partial charge < -0.3 is 4.98 Å². The zero-order valence-electron chi connectivity index (χ0n) is 14.8. The van der Waals surface area contributed by atoms with Gasteiger partial charge in [-0.25, -0.2) is 0 Å². The van der Waals surface area contributed by atoms with Crippen molar-refractivity contribution in [3.05, 3.63) is 80.2 Å². The minimum absolute atomic E-state index is 0.363. The number of aromatic nitrogens is 3. The van der Waals surface area contributed by atoms with Crippen molar-refractivity contribution >= 4 is 28.8 Å². The molecule has 4 nitrogen and oxygen atoms in total. The molecule has 2 heterocycles. The molecule has 0 aliphatic rings. The normalized spacial score (nSPS) is 11.9. The van der Waals surface area contributed by atoms with E-state index in [0.29, 0.717) is 43.8 Å². The third-order valence-electron chi connectivity index (χ3n) is 4.51. The van der Waals surface area contributed by atoms with Crippen molar-refractivity contribution in [1.29, 1.82) is 0 Å². The third kappa shape index (κ3) is 3.52. The molecule has 1 N–H and O–H groups in total. The van der Waals surface area contributed by atoms with Crippen LogP contribution in [0.5, 0.6) is 0 Å². The Hall–Kier alpha value is -2.77. The molecule has 9 heteroatoms. The predicted molar refractivity (Wildman–Crippen MR) is 106 cm³/mol. The lowest BCUT2D eigenvalue weighted by Gasteiger charge is -2.09. The lowest BCUT2D eigenvalue weighted by Crippen LogP contribution is -2.14. The average molecular weight is 438 g/mol. The van der Waals surface area contributed by atoms with Gasteiger partial charge in [0.15, 0.2) is 0 Å². The van der Waals surface area contributed by atoms with Gasteiger partial charge in [0.25, 0.3) is 5.56 Å². The summed E-state index contributed by atoms with van der Waals surface area (Å²) in [6.45, 7) is 1.73. The van der Waals surface area contributed by atoms with Gasteiger partial charge in [0.05, 0.1) is 22.0 Å². The van der Waals surface area contributed by atoms with Gasteiger partial charge in [-0.15, -0.1) is 0 Å². The Bertz CT molecular complexity index is 1290. The van der Waals surface area contributed by atoms with Gasteiger partial charge >= 0.3 is 6.18 Å². The first-order chi connectivity index (χ1) is 13.6. The summed E-state index contributed by atoms with van der Waals surface area (Å²) in [5, 5.41) is 5.12. The Morgan fingerprint density at radius 1 is 1.03 bits per heavy atom. The maximum Gasteiger partial charge on any atom is 0.416 e. The van der Waals surface area contributed by atoms with E-state index in [1.165, 1.54) is 22.7 Å². The van der Waals surface area contributed by atoms with Crippen LogP contribution in [-0.2, 0) is 6.18 Å². The first-order valence-electron chi connectivity index (χ1n) is 8.41. The second-order valence-corrected chi connectivity index (χ2v) is 7.28. The third-order valence-corrected chi connectivity index (χ3v) is 5.06. The number of hydrogen-bond donors (Lipinski definition) is 1. The fourth-order valence-corrected chi connectivity index (χ4v) is 3.66. The van der Waals surface area contributed by atoms with Crippen molar-refractivity contribution in [2.45, 2.75) is 13.1 Å². The second kappa shape index (κ2) is 6.93. The number of hydrogen-bond acceptors (Lipinski definition) is 2. The molecular weight excluding hydrogens is 426 g/mol. The number of aromatic amines is 1. The largest absolute Gasteiger partial charge is 0.416 e. The highest BCUT2D eigenvalue weighted by molar-refractivity contribution is 6.36. The Balaban J connectivity index is 1.92. The fourth-order valence-electron chi connectivity index (χ4n) is 3.16. The van der Waals surface area contributed by atoms with E-state index in [1.807, 2.05) is 0 Å². The zero-order valence-corrected chi connectivity index (χ0v) is 16.3. The number of H-pyrrole nitrogens is 1.